The first-order valence-corrected chi connectivity index (χ1v) is 6.75. The highest BCUT2D eigenvalue weighted by molar-refractivity contribution is 9.09. The van der Waals surface area contributed by atoms with Gasteiger partial charge in [-0.3, -0.25) is 0 Å². The van der Waals surface area contributed by atoms with Gasteiger partial charge in [0.2, 0.25) is 0 Å². The van der Waals surface area contributed by atoms with Crippen molar-refractivity contribution in [3.05, 3.63) is 0 Å². The third-order valence-electron chi connectivity index (χ3n) is 3.04. The van der Waals surface area contributed by atoms with Gasteiger partial charge in [0.15, 0.2) is 0 Å². The maximum Gasteiger partial charge on any atom is 0.0870 e. The Hall–Kier alpha value is 0.400. The quantitative estimate of drug-likeness (QED) is 0.774. The lowest BCUT2D eigenvalue weighted by atomic mass is 9.85. The molecule has 0 aromatic rings. The number of halogens is 1. The Bertz CT molecular complexity index is 152. The third kappa shape index (κ3) is 3.87. The number of aliphatic hydroxyl groups excluding tert-OH is 1. The summed E-state index contributed by atoms with van der Waals surface area (Å²) in [5.41, 5.74) is 0. The van der Waals surface area contributed by atoms with Gasteiger partial charge in [-0.1, -0.05) is 42.1 Å². The van der Waals surface area contributed by atoms with Crippen LogP contribution in [0.4, 0.5) is 0 Å². The molecule has 1 fully saturated rings. The van der Waals surface area contributed by atoms with Gasteiger partial charge >= 0.3 is 0 Å². The zero-order chi connectivity index (χ0) is 10.4. The van der Waals surface area contributed by atoms with Crippen LogP contribution in [-0.2, 0) is 4.74 Å². The van der Waals surface area contributed by atoms with Crippen molar-refractivity contribution in [2.75, 3.05) is 11.9 Å². The van der Waals surface area contributed by atoms with Crippen LogP contribution in [0.25, 0.3) is 0 Å². The summed E-state index contributed by atoms with van der Waals surface area (Å²) in [5, 5.41) is 9.98. The van der Waals surface area contributed by atoms with Crippen LogP contribution in [-0.4, -0.2) is 29.3 Å². The molecule has 0 aromatic carbocycles. The van der Waals surface area contributed by atoms with Gasteiger partial charge in [-0.25, -0.2) is 0 Å². The number of ether oxygens (including phenoxy) is 1. The van der Waals surface area contributed by atoms with Gasteiger partial charge in [0.1, 0.15) is 0 Å². The molecule has 1 aliphatic carbocycles. The predicted molar refractivity (Wildman–Crippen MR) is 61.8 cm³/mol. The number of aliphatic hydroxyl groups is 1. The molecule has 1 rings (SSSR count). The summed E-state index contributed by atoms with van der Waals surface area (Å²) in [4.78, 5) is 0. The highest BCUT2D eigenvalue weighted by Crippen LogP contribution is 2.29. The Morgan fingerprint density at radius 3 is 2.79 bits per heavy atom. The lowest BCUT2D eigenvalue weighted by molar-refractivity contribution is -0.0448. The molecule has 14 heavy (non-hydrogen) atoms. The van der Waals surface area contributed by atoms with Crippen LogP contribution in [0.1, 0.15) is 39.0 Å². The van der Waals surface area contributed by atoms with Crippen LogP contribution in [0.2, 0.25) is 0 Å². The molecule has 2 nitrogen and oxygen atoms in total. The first-order valence-electron chi connectivity index (χ1n) is 5.63. The second kappa shape index (κ2) is 6.81. The minimum Gasteiger partial charge on any atom is -0.390 e. The first-order chi connectivity index (χ1) is 6.77. The van der Waals surface area contributed by atoms with Crippen LogP contribution >= 0.6 is 15.9 Å². The van der Waals surface area contributed by atoms with E-state index in [4.69, 9.17) is 4.74 Å². The van der Waals surface area contributed by atoms with E-state index in [9.17, 15) is 5.11 Å². The van der Waals surface area contributed by atoms with E-state index in [0.29, 0.717) is 24.0 Å². The molecular weight excluding hydrogens is 244 g/mol. The van der Waals surface area contributed by atoms with Gasteiger partial charge in [0.05, 0.1) is 18.8 Å². The van der Waals surface area contributed by atoms with E-state index in [1.54, 1.807) is 0 Å². The molecule has 0 heterocycles. The molecule has 0 aliphatic heterocycles. The third-order valence-corrected chi connectivity index (χ3v) is 3.79. The summed E-state index contributed by atoms with van der Waals surface area (Å²) in [5.74, 6) is 0.714. The average Bonchev–Trinajstić information content (AvgIpc) is 2.26. The smallest absolute Gasteiger partial charge is 0.0870 e. The lowest BCUT2D eigenvalue weighted by Gasteiger charge is -2.31. The fourth-order valence-electron chi connectivity index (χ4n) is 2.14. The van der Waals surface area contributed by atoms with Crippen LogP contribution < -0.4 is 0 Å². The van der Waals surface area contributed by atoms with Gasteiger partial charge in [-0.15, -0.1) is 0 Å². The van der Waals surface area contributed by atoms with E-state index in [2.05, 4.69) is 22.9 Å². The lowest BCUT2D eigenvalue weighted by Crippen LogP contribution is -2.30. The van der Waals surface area contributed by atoms with E-state index in [0.717, 1.165) is 0 Å². The minimum atomic E-state index is -0.352. The molecule has 1 saturated carbocycles. The highest BCUT2D eigenvalue weighted by atomic mass is 79.9. The van der Waals surface area contributed by atoms with Gasteiger partial charge in [-0.2, -0.15) is 0 Å². The largest absolute Gasteiger partial charge is 0.390 e. The molecule has 3 heteroatoms. The van der Waals surface area contributed by atoms with E-state index in [1.807, 2.05) is 0 Å². The zero-order valence-electron chi connectivity index (χ0n) is 8.92. The second-order valence-corrected chi connectivity index (χ2v) is 4.78. The molecule has 0 amide bonds. The van der Waals surface area contributed by atoms with Crippen molar-refractivity contribution in [1.29, 1.82) is 0 Å². The number of hydrogen-bond donors (Lipinski definition) is 1. The zero-order valence-corrected chi connectivity index (χ0v) is 10.5. The molecule has 0 aromatic heterocycles. The van der Waals surface area contributed by atoms with Crippen molar-refractivity contribution in [2.24, 2.45) is 5.92 Å². The standard InChI is InChI=1S/C11H21BrO2/c1-2-9-5-3-4-6-11(9)14-8-10(13)7-12/h9-11,13H,2-8H2,1H3. The maximum atomic E-state index is 9.38. The molecule has 1 aliphatic rings. The highest BCUT2D eigenvalue weighted by Gasteiger charge is 2.24. The molecule has 1 N–H and O–H groups in total. The van der Waals surface area contributed by atoms with Gasteiger partial charge in [0.25, 0.3) is 0 Å². The first kappa shape index (κ1) is 12.5. The SMILES string of the molecule is CCC1CCCCC1OCC(O)CBr. The molecule has 0 saturated heterocycles. The van der Waals surface area contributed by atoms with Gasteiger partial charge < -0.3 is 9.84 Å². The summed E-state index contributed by atoms with van der Waals surface area (Å²) in [6, 6.07) is 0. The van der Waals surface area contributed by atoms with Crippen molar-refractivity contribution in [1.82, 2.24) is 0 Å². The van der Waals surface area contributed by atoms with Crippen molar-refractivity contribution in [3.8, 4) is 0 Å². The fraction of sp³-hybridized carbons (Fsp3) is 1.00. The Balaban J connectivity index is 2.26. The normalized spacial score (nSPS) is 30.2. The summed E-state index contributed by atoms with van der Waals surface area (Å²) in [6.45, 7) is 2.71. The van der Waals surface area contributed by atoms with Crippen LogP contribution in [0.5, 0.6) is 0 Å². The number of alkyl halides is 1. The molecule has 0 bridgehead atoms. The molecule has 0 spiro atoms. The average molecular weight is 265 g/mol. The maximum absolute atomic E-state index is 9.38. The summed E-state index contributed by atoms with van der Waals surface area (Å²) in [6.07, 6.45) is 6.34. The Labute approximate surface area is 95.2 Å². The molecule has 84 valence electrons. The summed E-state index contributed by atoms with van der Waals surface area (Å²) < 4.78 is 5.76. The molecular formula is C11H21BrO2. The van der Waals surface area contributed by atoms with Crippen molar-refractivity contribution in [3.63, 3.8) is 0 Å². The summed E-state index contributed by atoms with van der Waals surface area (Å²) in [7, 11) is 0. The Morgan fingerprint density at radius 1 is 1.43 bits per heavy atom. The molecule has 3 unspecified atom stereocenters. The molecule has 0 radical (unpaired) electrons. The van der Waals surface area contributed by atoms with Crippen LogP contribution in [0, 0.1) is 5.92 Å². The van der Waals surface area contributed by atoms with Crippen molar-refractivity contribution in [2.45, 2.75) is 51.2 Å². The Morgan fingerprint density at radius 2 is 2.14 bits per heavy atom. The van der Waals surface area contributed by atoms with Gasteiger partial charge in [-0.05, 0) is 18.8 Å². The predicted octanol–water partition coefficient (Wildman–Crippen LogP) is 2.73. The van der Waals surface area contributed by atoms with E-state index in [1.165, 1.54) is 32.1 Å². The molecule has 3 atom stereocenters. The Kier molecular flexibility index (Phi) is 6.06. The van der Waals surface area contributed by atoms with Crippen molar-refractivity contribution >= 4 is 15.9 Å². The fourth-order valence-corrected chi connectivity index (χ4v) is 2.33. The number of hydrogen-bond acceptors (Lipinski definition) is 2. The monoisotopic (exact) mass is 264 g/mol. The van der Waals surface area contributed by atoms with Crippen LogP contribution in [0.15, 0.2) is 0 Å². The summed E-state index contributed by atoms with van der Waals surface area (Å²) >= 11 is 3.24. The number of rotatable bonds is 5. The van der Waals surface area contributed by atoms with Crippen molar-refractivity contribution < 1.29 is 9.84 Å². The topological polar surface area (TPSA) is 29.5 Å². The van der Waals surface area contributed by atoms with Gasteiger partial charge in [0, 0.05) is 5.33 Å². The minimum absolute atomic E-state index is 0.352. The van der Waals surface area contributed by atoms with E-state index in [-0.39, 0.29) is 6.10 Å². The van der Waals surface area contributed by atoms with E-state index < -0.39 is 0 Å². The second-order valence-electron chi connectivity index (χ2n) is 4.13. The van der Waals surface area contributed by atoms with E-state index >= 15 is 0 Å². The van der Waals surface area contributed by atoms with Crippen LogP contribution in [0.3, 0.4) is 0 Å².